The van der Waals surface area contributed by atoms with E-state index in [0.717, 1.165) is 6.42 Å². The van der Waals surface area contributed by atoms with Crippen molar-refractivity contribution in [2.45, 2.75) is 32.0 Å². The second kappa shape index (κ2) is 7.32. The van der Waals surface area contributed by atoms with Crippen LogP contribution in [0.1, 0.15) is 19.8 Å². The Morgan fingerprint density at radius 2 is 2.06 bits per heavy atom. The molecule has 1 unspecified atom stereocenters. The Bertz CT molecular complexity index is 203. The van der Waals surface area contributed by atoms with Crippen molar-refractivity contribution in [2.75, 3.05) is 20.3 Å². The number of hydrogen-bond donors (Lipinski definition) is 1. The van der Waals surface area contributed by atoms with Crippen LogP contribution in [-0.4, -0.2) is 38.6 Å². The number of methoxy groups -OCH3 is 1. The van der Waals surface area contributed by atoms with Gasteiger partial charge in [0, 0.05) is 7.11 Å². The Morgan fingerprint density at radius 1 is 1.44 bits per heavy atom. The molecular weight excluding hydrogens is 227 g/mol. The molecule has 1 N–H and O–H groups in total. The molecule has 0 radical (unpaired) electrons. The fourth-order valence-electron chi connectivity index (χ4n) is 1.10. The quantitative estimate of drug-likeness (QED) is 0.777. The zero-order chi connectivity index (χ0) is 12.6. The number of amides is 1. The summed E-state index contributed by atoms with van der Waals surface area (Å²) in [6, 6.07) is -0.323. The number of alkyl carbamates (subject to hydrolysis) is 1. The first-order valence-electron chi connectivity index (χ1n) is 4.88. The molecule has 1 amide bonds. The number of alkyl halides is 3. The third-order valence-electron chi connectivity index (χ3n) is 1.69. The monoisotopic (exact) mass is 243 g/mol. The topological polar surface area (TPSA) is 47.6 Å². The number of carbonyl (C=O) groups excluding carboxylic acids is 1. The lowest BCUT2D eigenvalue weighted by Crippen LogP contribution is -2.39. The maximum absolute atomic E-state index is 11.7. The summed E-state index contributed by atoms with van der Waals surface area (Å²) in [7, 11) is 1.45. The van der Waals surface area contributed by atoms with Crippen LogP contribution in [0.25, 0.3) is 0 Å². The van der Waals surface area contributed by atoms with Gasteiger partial charge in [-0.3, -0.25) is 0 Å². The van der Waals surface area contributed by atoms with E-state index in [2.05, 4.69) is 10.1 Å². The van der Waals surface area contributed by atoms with Crippen molar-refractivity contribution in [3.05, 3.63) is 0 Å². The molecular formula is C9H16F3NO3. The summed E-state index contributed by atoms with van der Waals surface area (Å²) in [4.78, 5) is 11.0. The molecule has 0 rings (SSSR count). The molecule has 0 fully saturated rings. The first-order valence-corrected chi connectivity index (χ1v) is 4.88. The van der Waals surface area contributed by atoms with E-state index in [1.807, 2.05) is 6.92 Å². The number of rotatable bonds is 6. The maximum Gasteiger partial charge on any atom is 0.422 e. The summed E-state index contributed by atoms with van der Waals surface area (Å²) in [6.07, 6.45) is -4.17. The first kappa shape index (κ1) is 15.0. The number of hydrogen-bond acceptors (Lipinski definition) is 3. The lowest BCUT2D eigenvalue weighted by molar-refractivity contribution is -0.160. The van der Waals surface area contributed by atoms with Crippen LogP contribution in [-0.2, 0) is 9.47 Å². The van der Waals surface area contributed by atoms with Gasteiger partial charge in [-0.1, -0.05) is 13.3 Å². The molecule has 4 nitrogen and oxygen atoms in total. The Balaban J connectivity index is 3.90. The first-order chi connectivity index (χ1) is 7.39. The lowest BCUT2D eigenvalue weighted by atomic mass is 10.2. The van der Waals surface area contributed by atoms with Crippen molar-refractivity contribution in [1.82, 2.24) is 5.32 Å². The minimum absolute atomic E-state index is 0.245. The zero-order valence-corrected chi connectivity index (χ0v) is 9.26. The molecule has 16 heavy (non-hydrogen) atoms. The molecule has 7 heteroatoms. The second-order valence-electron chi connectivity index (χ2n) is 3.28. The van der Waals surface area contributed by atoms with Gasteiger partial charge in [0.05, 0.1) is 12.6 Å². The number of halogens is 3. The van der Waals surface area contributed by atoms with Gasteiger partial charge in [-0.05, 0) is 6.42 Å². The predicted octanol–water partition coefficient (Wildman–Crippen LogP) is 2.09. The highest BCUT2D eigenvalue weighted by Crippen LogP contribution is 2.14. The lowest BCUT2D eigenvalue weighted by Gasteiger charge is -2.17. The molecule has 0 aromatic heterocycles. The van der Waals surface area contributed by atoms with Gasteiger partial charge in [-0.25, -0.2) is 4.79 Å². The number of nitrogens with one attached hydrogen (secondary N) is 1. The van der Waals surface area contributed by atoms with Gasteiger partial charge in [-0.2, -0.15) is 13.2 Å². The summed E-state index contributed by atoms with van der Waals surface area (Å²) >= 11 is 0. The molecule has 1 atom stereocenters. The Kier molecular flexibility index (Phi) is 6.87. The highest BCUT2D eigenvalue weighted by atomic mass is 19.4. The van der Waals surface area contributed by atoms with Gasteiger partial charge in [0.15, 0.2) is 6.61 Å². The Hall–Kier alpha value is -0.980. The van der Waals surface area contributed by atoms with E-state index in [4.69, 9.17) is 4.74 Å². The van der Waals surface area contributed by atoms with Crippen molar-refractivity contribution in [2.24, 2.45) is 0 Å². The van der Waals surface area contributed by atoms with Gasteiger partial charge in [-0.15, -0.1) is 0 Å². The van der Waals surface area contributed by atoms with Crippen LogP contribution in [0.2, 0.25) is 0 Å². The number of carbonyl (C=O) groups is 1. The van der Waals surface area contributed by atoms with Crippen molar-refractivity contribution in [1.29, 1.82) is 0 Å². The predicted molar refractivity (Wildman–Crippen MR) is 51.1 cm³/mol. The van der Waals surface area contributed by atoms with E-state index < -0.39 is 18.9 Å². The largest absolute Gasteiger partial charge is 0.440 e. The zero-order valence-electron chi connectivity index (χ0n) is 9.26. The van der Waals surface area contributed by atoms with Crippen LogP contribution in [0.4, 0.5) is 18.0 Å². The van der Waals surface area contributed by atoms with E-state index in [0.29, 0.717) is 6.42 Å². The van der Waals surface area contributed by atoms with Crippen LogP contribution in [0.3, 0.4) is 0 Å². The molecule has 0 aliphatic heterocycles. The second-order valence-corrected chi connectivity index (χ2v) is 3.28. The normalized spacial score (nSPS) is 13.3. The standard InChI is InChI=1S/C9H16F3NO3/c1-3-4-7(5-15-2)13-8(14)16-6-9(10,11)12/h7H,3-6H2,1-2H3,(H,13,14). The highest BCUT2D eigenvalue weighted by Gasteiger charge is 2.29. The van der Waals surface area contributed by atoms with Gasteiger partial charge < -0.3 is 14.8 Å². The van der Waals surface area contributed by atoms with E-state index >= 15 is 0 Å². The van der Waals surface area contributed by atoms with Gasteiger partial charge >= 0.3 is 12.3 Å². The van der Waals surface area contributed by atoms with E-state index in [9.17, 15) is 18.0 Å². The van der Waals surface area contributed by atoms with E-state index in [1.54, 1.807) is 0 Å². The Labute approximate surface area is 92.1 Å². The average Bonchev–Trinajstić information content (AvgIpc) is 2.14. The number of ether oxygens (including phenoxy) is 2. The van der Waals surface area contributed by atoms with Gasteiger partial charge in [0.2, 0.25) is 0 Å². The molecule has 0 heterocycles. The highest BCUT2D eigenvalue weighted by molar-refractivity contribution is 5.67. The summed E-state index contributed by atoms with van der Waals surface area (Å²) in [5, 5.41) is 2.31. The van der Waals surface area contributed by atoms with Crippen LogP contribution >= 0.6 is 0 Å². The van der Waals surface area contributed by atoms with Crippen LogP contribution in [0, 0.1) is 0 Å². The minimum atomic E-state index is -4.50. The van der Waals surface area contributed by atoms with Crippen LogP contribution in [0.15, 0.2) is 0 Å². The van der Waals surface area contributed by atoms with Crippen molar-refractivity contribution >= 4 is 6.09 Å². The van der Waals surface area contributed by atoms with Crippen molar-refractivity contribution in [3.8, 4) is 0 Å². The van der Waals surface area contributed by atoms with Crippen LogP contribution < -0.4 is 5.32 Å². The van der Waals surface area contributed by atoms with Gasteiger partial charge in [0.25, 0.3) is 0 Å². The van der Waals surface area contributed by atoms with Crippen molar-refractivity contribution in [3.63, 3.8) is 0 Å². The summed E-state index contributed by atoms with van der Waals surface area (Å²) in [6.45, 7) is 0.561. The van der Waals surface area contributed by atoms with E-state index in [1.165, 1.54) is 7.11 Å². The van der Waals surface area contributed by atoms with Crippen LogP contribution in [0.5, 0.6) is 0 Å². The molecule has 0 spiro atoms. The SMILES string of the molecule is CCCC(COC)NC(=O)OCC(F)(F)F. The third-order valence-corrected chi connectivity index (χ3v) is 1.69. The molecule has 0 aliphatic rings. The Morgan fingerprint density at radius 3 is 2.50 bits per heavy atom. The van der Waals surface area contributed by atoms with Crippen molar-refractivity contribution < 1.29 is 27.4 Å². The van der Waals surface area contributed by atoms with Gasteiger partial charge in [0.1, 0.15) is 0 Å². The fourth-order valence-corrected chi connectivity index (χ4v) is 1.10. The minimum Gasteiger partial charge on any atom is -0.440 e. The summed E-state index contributed by atoms with van der Waals surface area (Å²) < 4.78 is 44.0. The molecule has 0 saturated heterocycles. The smallest absolute Gasteiger partial charge is 0.422 e. The average molecular weight is 243 g/mol. The van der Waals surface area contributed by atoms with E-state index in [-0.39, 0.29) is 12.6 Å². The molecule has 0 aromatic rings. The summed E-state index contributed by atoms with van der Waals surface area (Å²) in [5.74, 6) is 0. The third kappa shape index (κ3) is 8.34. The molecule has 0 aromatic carbocycles. The fraction of sp³-hybridized carbons (Fsp3) is 0.889. The summed E-state index contributed by atoms with van der Waals surface area (Å²) in [5.41, 5.74) is 0. The molecule has 0 bridgehead atoms. The molecule has 96 valence electrons. The molecule has 0 saturated carbocycles. The molecule has 0 aliphatic carbocycles. The maximum atomic E-state index is 11.7.